The normalized spacial score (nSPS) is 12.8. The maximum atomic E-state index is 13.0. The quantitative estimate of drug-likeness (QED) is 0.509. The van der Waals surface area contributed by atoms with Crippen LogP contribution in [0, 0.1) is 11.3 Å². The summed E-state index contributed by atoms with van der Waals surface area (Å²) in [6, 6.07) is 20.6. The van der Waals surface area contributed by atoms with Gasteiger partial charge in [0.15, 0.2) is 0 Å². The van der Waals surface area contributed by atoms with Crippen LogP contribution in [0.5, 0.6) is 0 Å². The Kier molecular flexibility index (Phi) is 4.99. The lowest BCUT2D eigenvalue weighted by atomic mass is 10.0. The van der Waals surface area contributed by atoms with Gasteiger partial charge in [0.05, 0.1) is 34.6 Å². The molecule has 5 rings (SSSR count). The number of nitrogens with two attached hydrogens (primary N) is 1. The molecule has 2 aromatic heterocycles. The Morgan fingerprint density at radius 1 is 1.06 bits per heavy atom. The number of benzene rings is 2. The van der Waals surface area contributed by atoms with Crippen molar-refractivity contribution in [2.75, 3.05) is 11.9 Å². The highest BCUT2D eigenvalue weighted by Gasteiger charge is 2.32. The molecule has 8 heteroatoms. The highest BCUT2D eigenvalue weighted by atomic mass is 16.2. The standard InChI is InChI=1S/C25H20N6O2/c26-14-19-22(24(27)32)21-15-30(11-12-31(21)23(19)16-5-2-1-3-6-16)25(33)29-18-8-9-20-17(13-18)7-4-10-28-20/h1-10,13H,11-12,15H2,(H2,27,32)(H,29,33). The molecule has 0 saturated heterocycles. The topological polar surface area (TPSA) is 117 Å². The number of nitrogens with zero attached hydrogens (tertiary/aromatic N) is 4. The number of hydrogen-bond acceptors (Lipinski definition) is 4. The van der Waals surface area contributed by atoms with Crippen LogP contribution >= 0.6 is 0 Å². The van der Waals surface area contributed by atoms with E-state index in [4.69, 9.17) is 5.73 Å². The zero-order chi connectivity index (χ0) is 22.9. The average molecular weight is 436 g/mol. The van der Waals surface area contributed by atoms with Crippen LogP contribution in [-0.4, -0.2) is 32.9 Å². The van der Waals surface area contributed by atoms with E-state index in [2.05, 4.69) is 16.4 Å². The summed E-state index contributed by atoms with van der Waals surface area (Å²) in [5.41, 5.74) is 9.64. The number of pyridine rings is 1. The van der Waals surface area contributed by atoms with Crippen molar-refractivity contribution in [1.29, 1.82) is 5.26 Å². The van der Waals surface area contributed by atoms with E-state index in [1.807, 2.05) is 59.2 Å². The molecule has 0 fully saturated rings. The Hall–Kier alpha value is -4.64. The third-order valence-electron chi connectivity index (χ3n) is 5.85. The van der Waals surface area contributed by atoms with Crippen LogP contribution in [-0.2, 0) is 13.1 Å². The number of primary amides is 1. The van der Waals surface area contributed by atoms with Crippen molar-refractivity contribution >= 4 is 28.5 Å². The summed E-state index contributed by atoms with van der Waals surface area (Å²) >= 11 is 0. The summed E-state index contributed by atoms with van der Waals surface area (Å²) in [7, 11) is 0. The maximum Gasteiger partial charge on any atom is 0.322 e. The van der Waals surface area contributed by atoms with Gasteiger partial charge < -0.3 is 20.5 Å². The van der Waals surface area contributed by atoms with E-state index in [0.29, 0.717) is 30.2 Å². The highest BCUT2D eigenvalue weighted by Crippen LogP contribution is 2.34. The first-order valence-corrected chi connectivity index (χ1v) is 10.5. The van der Waals surface area contributed by atoms with Crippen molar-refractivity contribution in [2.45, 2.75) is 13.1 Å². The van der Waals surface area contributed by atoms with Crippen molar-refractivity contribution < 1.29 is 9.59 Å². The Labute approximate surface area is 189 Å². The molecule has 3 N–H and O–H groups in total. The van der Waals surface area contributed by atoms with E-state index in [9.17, 15) is 14.9 Å². The maximum absolute atomic E-state index is 13.0. The van der Waals surface area contributed by atoms with Gasteiger partial charge in [-0.25, -0.2) is 4.79 Å². The van der Waals surface area contributed by atoms with Crippen molar-refractivity contribution in [3.8, 4) is 17.3 Å². The second kappa shape index (κ2) is 8.13. The van der Waals surface area contributed by atoms with Gasteiger partial charge in [0.1, 0.15) is 6.07 Å². The third-order valence-corrected chi connectivity index (χ3v) is 5.85. The van der Waals surface area contributed by atoms with Gasteiger partial charge in [0, 0.05) is 30.4 Å². The minimum atomic E-state index is -0.679. The fourth-order valence-electron chi connectivity index (χ4n) is 4.36. The number of fused-ring (bicyclic) bond motifs is 2. The SMILES string of the molecule is N#Cc1c(C(N)=O)c2n(c1-c1ccccc1)CCN(C(=O)Nc1ccc3ncccc3c1)C2. The Balaban J connectivity index is 1.47. The van der Waals surface area contributed by atoms with Gasteiger partial charge in [-0.3, -0.25) is 9.78 Å². The molecule has 3 heterocycles. The van der Waals surface area contributed by atoms with Gasteiger partial charge in [-0.2, -0.15) is 5.26 Å². The van der Waals surface area contributed by atoms with Gasteiger partial charge >= 0.3 is 6.03 Å². The van der Waals surface area contributed by atoms with Gasteiger partial charge in [-0.15, -0.1) is 0 Å². The zero-order valence-electron chi connectivity index (χ0n) is 17.7. The number of hydrogen-bond donors (Lipinski definition) is 2. The lowest BCUT2D eigenvalue weighted by Crippen LogP contribution is -2.41. The van der Waals surface area contributed by atoms with Crippen LogP contribution in [0.2, 0.25) is 0 Å². The number of nitriles is 1. The molecular weight excluding hydrogens is 416 g/mol. The molecule has 0 unspecified atom stereocenters. The van der Waals surface area contributed by atoms with Crippen molar-refractivity contribution in [3.63, 3.8) is 0 Å². The minimum Gasteiger partial charge on any atom is -0.366 e. The number of amides is 3. The summed E-state index contributed by atoms with van der Waals surface area (Å²) in [6.07, 6.45) is 1.72. The van der Waals surface area contributed by atoms with E-state index in [1.165, 1.54) is 0 Å². The van der Waals surface area contributed by atoms with Crippen LogP contribution in [0.4, 0.5) is 10.5 Å². The van der Waals surface area contributed by atoms with Crippen LogP contribution in [0.25, 0.3) is 22.2 Å². The molecule has 33 heavy (non-hydrogen) atoms. The molecular formula is C25H20N6O2. The fraction of sp³-hybridized carbons (Fsp3) is 0.120. The molecule has 0 radical (unpaired) electrons. The number of aromatic nitrogens is 2. The number of rotatable bonds is 3. The van der Waals surface area contributed by atoms with E-state index in [1.54, 1.807) is 17.2 Å². The number of carbonyl (C=O) groups excluding carboxylic acids is 2. The smallest absolute Gasteiger partial charge is 0.322 e. The van der Waals surface area contributed by atoms with Crippen LogP contribution in [0.1, 0.15) is 21.6 Å². The predicted molar refractivity (Wildman–Crippen MR) is 124 cm³/mol. The molecule has 162 valence electrons. The van der Waals surface area contributed by atoms with Gasteiger partial charge in [0.25, 0.3) is 5.91 Å². The summed E-state index contributed by atoms with van der Waals surface area (Å²) in [5.74, 6) is -0.679. The molecule has 0 atom stereocenters. The van der Waals surface area contributed by atoms with Gasteiger partial charge in [0.2, 0.25) is 0 Å². The monoisotopic (exact) mass is 436 g/mol. The number of carbonyl (C=O) groups is 2. The molecule has 1 aliphatic rings. The van der Waals surface area contributed by atoms with E-state index in [0.717, 1.165) is 16.5 Å². The van der Waals surface area contributed by atoms with Crippen LogP contribution in [0.15, 0.2) is 66.9 Å². The molecule has 4 aromatic rings. The summed E-state index contributed by atoms with van der Waals surface area (Å²) in [4.78, 5) is 31.3. The van der Waals surface area contributed by atoms with Crippen LogP contribution < -0.4 is 11.1 Å². The molecule has 8 nitrogen and oxygen atoms in total. The molecule has 3 amide bonds. The Morgan fingerprint density at radius 3 is 2.64 bits per heavy atom. The van der Waals surface area contributed by atoms with Crippen molar-refractivity contribution in [2.24, 2.45) is 5.73 Å². The fourth-order valence-corrected chi connectivity index (χ4v) is 4.36. The summed E-state index contributed by atoms with van der Waals surface area (Å²) in [5, 5.41) is 13.7. The third kappa shape index (κ3) is 3.55. The molecule has 0 spiro atoms. The highest BCUT2D eigenvalue weighted by molar-refractivity contribution is 6.00. The van der Waals surface area contributed by atoms with Gasteiger partial charge in [-0.1, -0.05) is 36.4 Å². The summed E-state index contributed by atoms with van der Waals surface area (Å²) < 4.78 is 1.93. The second-order valence-electron chi connectivity index (χ2n) is 7.80. The first-order chi connectivity index (χ1) is 16.1. The largest absolute Gasteiger partial charge is 0.366 e. The first kappa shape index (κ1) is 20.3. The lowest BCUT2D eigenvalue weighted by Gasteiger charge is -2.30. The Morgan fingerprint density at radius 2 is 1.88 bits per heavy atom. The lowest BCUT2D eigenvalue weighted by molar-refractivity contribution is 0.0997. The first-order valence-electron chi connectivity index (χ1n) is 10.5. The van der Waals surface area contributed by atoms with Gasteiger partial charge in [-0.05, 0) is 29.8 Å². The molecule has 0 aliphatic carbocycles. The zero-order valence-corrected chi connectivity index (χ0v) is 17.7. The Bertz CT molecular complexity index is 1430. The van der Waals surface area contributed by atoms with Crippen molar-refractivity contribution in [1.82, 2.24) is 14.5 Å². The van der Waals surface area contributed by atoms with E-state index < -0.39 is 5.91 Å². The molecule has 2 aromatic carbocycles. The van der Waals surface area contributed by atoms with E-state index >= 15 is 0 Å². The average Bonchev–Trinajstić information content (AvgIpc) is 3.18. The number of nitrogens with one attached hydrogen (secondary N) is 1. The van der Waals surface area contributed by atoms with E-state index in [-0.39, 0.29) is 23.7 Å². The van der Waals surface area contributed by atoms with Crippen LogP contribution in [0.3, 0.4) is 0 Å². The number of urea groups is 1. The predicted octanol–water partition coefficient (Wildman–Crippen LogP) is 3.72. The molecule has 0 saturated carbocycles. The molecule has 1 aliphatic heterocycles. The van der Waals surface area contributed by atoms with Crippen molar-refractivity contribution in [3.05, 3.63) is 83.7 Å². The minimum absolute atomic E-state index is 0.167. The molecule has 0 bridgehead atoms. The number of anilines is 1. The summed E-state index contributed by atoms with van der Waals surface area (Å²) in [6.45, 7) is 1.03. The second-order valence-corrected chi connectivity index (χ2v) is 7.80.